The van der Waals surface area contributed by atoms with E-state index in [-0.39, 0.29) is 23.1 Å². The number of carbonyl (C=O) groups excluding carboxylic acids is 2. The minimum absolute atomic E-state index is 0.0623. The maximum absolute atomic E-state index is 12.6. The first-order valence-corrected chi connectivity index (χ1v) is 9.49. The highest BCUT2D eigenvalue weighted by Crippen LogP contribution is 2.35. The second-order valence-electron chi connectivity index (χ2n) is 5.77. The Morgan fingerprint density at radius 2 is 1.87 bits per heavy atom. The number of hydrazine groups is 1. The molecule has 0 saturated heterocycles. The molecule has 0 atom stereocenters. The molecule has 0 unspecified atom stereocenters. The summed E-state index contributed by atoms with van der Waals surface area (Å²) in [7, 11) is 1.37. The molecule has 0 radical (unpaired) electrons. The molecule has 0 fully saturated rings. The molecule has 0 aliphatic carbocycles. The molecule has 154 valence electrons. The molecule has 0 saturated carbocycles. The van der Waals surface area contributed by atoms with Crippen LogP contribution in [0.3, 0.4) is 0 Å². The zero-order valence-electron chi connectivity index (χ0n) is 15.7. The Kier molecular flexibility index (Phi) is 6.99. The number of methoxy groups -OCH3 is 1. The maximum atomic E-state index is 12.6. The summed E-state index contributed by atoms with van der Waals surface area (Å²) in [6, 6.07) is 15.8. The van der Waals surface area contributed by atoms with Crippen molar-refractivity contribution < 1.29 is 14.3 Å². The molecule has 11 heteroatoms. The molecule has 3 aromatic rings. The van der Waals surface area contributed by atoms with Crippen LogP contribution in [0, 0.1) is 0 Å². The first-order valence-electron chi connectivity index (χ1n) is 8.58. The number of halogens is 2. The number of rotatable bonds is 6. The lowest BCUT2D eigenvalue weighted by atomic mass is 10.3. The van der Waals surface area contributed by atoms with Gasteiger partial charge in [0.25, 0.3) is 11.8 Å². The first-order chi connectivity index (χ1) is 14.5. The summed E-state index contributed by atoms with van der Waals surface area (Å²) >= 11 is 11.5. The minimum atomic E-state index is -0.720. The lowest BCUT2D eigenvalue weighted by molar-refractivity contribution is -0.119. The van der Waals surface area contributed by atoms with Gasteiger partial charge >= 0.3 is 0 Å². The van der Waals surface area contributed by atoms with Crippen LogP contribution in [0.2, 0.25) is 5.02 Å². The van der Waals surface area contributed by atoms with E-state index in [1.165, 1.54) is 11.8 Å². The van der Waals surface area contributed by atoms with E-state index in [4.69, 9.17) is 27.9 Å². The number of hydrogen-bond donors (Lipinski definition) is 2. The fourth-order valence-electron chi connectivity index (χ4n) is 2.43. The molecule has 2 aromatic carbocycles. The highest BCUT2D eigenvalue weighted by atomic mass is 35.5. The predicted molar refractivity (Wildman–Crippen MR) is 112 cm³/mol. The van der Waals surface area contributed by atoms with Crippen LogP contribution in [0.5, 0.6) is 5.75 Å². The zero-order chi connectivity index (χ0) is 21.5. The molecule has 2 amide bonds. The van der Waals surface area contributed by atoms with Crippen LogP contribution in [0.4, 0.5) is 11.5 Å². The topological polar surface area (TPSA) is 110 Å². The average Bonchev–Trinajstić information content (AvgIpc) is 3.15. The van der Waals surface area contributed by atoms with Crippen molar-refractivity contribution in [2.24, 2.45) is 10.2 Å². The second kappa shape index (κ2) is 9.86. The molecule has 2 N–H and O–H groups in total. The second-order valence-corrected chi connectivity index (χ2v) is 6.47. The Morgan fingerprint density at radius 3 is 2.53 bits per heavy atom. The quantitative estimate of drug-likeness (QED) is 0.339. The molecular formula is C19H16Cl2N6O3. The van der Waals surface area contributed by atoms with E-state index in [0.717, 1.165) is 0 Å². The van der Waals surface area contributed by atoms with Gasteiger partial charge in [0.15, 0.2) is 11.4 Å². The molecule has 30 heavy (non-hydrogen) atoms. The molecule has 9 nitrogen and oxygen atoms in total. The number of nitrogens with zero attached hydrogens (tertiary/aromatic N) is 4. The summed E-state index contributed by atoms with van der Waals surface area (Å²) in [6.07, 6.45) is 0. The molecular weight excluding hydrogens is 431 g/mol. The monoisotopic (exact) mass is 446 g/mol. The number of carbonyl (C=O) groups is 2. The van der Waals surface area contributed by atoms with Crippen molar-refractivity contribution in [3.63, 3.8) is 0 Å². The van der Waals surface area contributed by atoms with Crippen molar-refractivity contribution in [1.29, 1.82) is 0 Å². The summed E-state index contributed by atoms with van der Waals surface area (Å²) in [4.78, 5) is 23.9. The number of nitrogens with one attached hydrogen (secondary N) is 2. The minimum Gasteiger partial charge on any atom is -0.491 e. The van der Waals surface area contributed by atoms with Gasteiger partial charge < -0.3 is 4.74 Å². The molecule has 0 aliphatic heterocycles. The van der Waals surface area contributed by atoms with Crippen LogP contribution < -0.4 is 15.6 Å². The lowest BCUT2D eigenvalue weighted by Crippen LogP contribution is -2.42. The number of hydrogen-bond acceptors (Lipinski definition) is 6. The third kappa shape index (κ3) is 4.94. The van der Waals surface area contributed by atoms with E-state index in [1.54, 1.807) is 36.4 Å². The van der Waals surface area contributed by atoms with Gasteiger partial charge in [-0.3, -0.25) is 20.4 Å². The van der Waals surface area contributed by atoms with Gasteiger partial charge in [-0.2, -0.15) is 5.10 Å². The van der Waals surface area contributed by atoms with E-state index in [2.05, 4.69) is 26.2 Å². The summed E-state index contributed by atoms with van der Waals surface area (Å²) in [6.45, 7) is 0. The van der Waals surface area contributed by atoms with E-state index in [1.807, 2.05) is 18.2 Å². The van der Waals surface area contributed by atoms with Crippen molar-refractivity contribution in [3.8, 4) is 11.4 Å². The highest BCUT2D eigenvalue weighted by molar-refractivity contribution is 6.30. The Morgan fingerprint density at radius 1 is 1.10 bits per heavy atom. The first kappa shape index (κ1) is 21.3. The number of benzene rings is 2. The van der Waals surface area contributed by atoms with Crippen LogP contribution in [-0.2, 0) is 4.79 Å². The van der Waals surface area contributed by atoms with E-state index < -0.39 is 11.8 Å². The Labute approximate surface area is 181 Å². The predicted octanol–water partition coefficient (Wildman–Crippen LogP) is 3.95. The van der Waals surface area contributed by atoms with Gasteiger partial charge in [-0.1, -0.05) is 35.9 Å². The molecule has 3 rings (SSSR count). The van der Waals surface area contributed by atoms with Crippen LogP contribution in [-0.4, -0.2) is 34.6 Å². The van der Waals surface area contributed by atoms with Gasteiger partial charge in [0.2, 0.25) is 5.82 Å². The van der Waals surface area contributed by atoms with Crippen molar-refractivity contribution in [2.75, 3.05) is 13.0 Å². The smallest absolute Gasteiger partial charge is 0.294 e. The van der Waals surface area contributed by atoms with E-state index >= 15 is 0 Å². The number of ether oxygens (including phenoxy) is 1. The summed E-state index contributed by atoms with van der Waals surface area (Å²) < 4.78 is 6.75. The number of azo groups is 1. The normalized spacial score (nSPS) is 10.8. The van der Waals surface area contributed by atoms with Crippen molar-refractivity contribution >= 4 is 46.5 Å². The fourth-order valence-corrected chi connectivity index (χ4v) is 2.68. The Hall–Kier alpha value is -3.43. The Bertz CT molecular complexity index is 1090. The molecule has 0 aliphatic rings. The lowest BCUT2D eigenvalue weighted by Gasteiger charge is -2.05. The maximum Gasteiger partial charge on any atom is 0.294 e. The van der Waals surface area contributed by atoms with E-state index in [0.29, 0.717) is 16.4 Å². The summed E-state index contributed by atoms with van der Waals surface area (Å²) in [5.74, 6) is -1.39. The van der Waals surface area contributed by atoms with Crippen molar-refractivity contribution in [1.82, 2.24) is 20.6 Å². The van der Waals surface area contributed by atoms with Gasteiger partial charge in [0.1, 0.15) is 5.88 Å². The van der Waals surface area contributed by atoms with Crippen LogP contribution in [0.25, 0.3) is 5.69 Å². The van der Waals surface area contributed by atoms with Gasteiger partial charge in [-0.15, -0.1) is 21.8 Å². The van der Waals surface area contributed by atoms with Crippen molar-refractivity contribution in [2.45, 2.75) is 0 Å². The highest BCUT2D eigenvalue weighted by Gasteiger charge is 2.25. The summed E-state index contributed by atoms with van der Waals surface area (Å²) in [5, 5.41) is 13.2. The molecule has 0 spiro atoms. The van der Waals surface area contributed by atoms with Crippen LogP contribution in [0.15, 0.2) is 64.8 Å². The fraction of sp³-hybridized carbons (Fsp3) is 0.105. The third-order valence-corrected chi connectivity index (χ3v) is 4.22. The summed E-state index contributed by atoms with van der Waals surface area (Å²) in [5.41, 5.74) is 5.41. The van der Waals surface area contributed by atoms with Gasteiger partial charge in [0.05, 0.1) is 18.5 Å². The molecule has 1 heterocycles. The molecule has 0 bridgehead atoms. The number of amides is 2. The third-order valence-electron chi connectivity index (χ3n) is 3.74. The largest absolute Gasteiger partial charge is 0.491 e. The molecule has 1 aromatic heterocycles. The van der Waals surface area contributed by atoms with Crippen LogP contribution in [0.1, 0.15) is 10.5 Å². The number of alkyl halides is 1. The van der Waals surface area contributed by atoms with Gasteiger partial charge in [-0.25, -0.2) is 4.68 Å². The zero-order valence-corrected chi connectivity index (χ0v) is 17.2. The van der Waals surface area contributed by atoms with Crippen LogP contribution >= 0.6 is 23.2 Å². The SMILES string of the molecule is COc1c(C(=O)NNC(=O)CCl)nn(-c2cccc(Cl)c2)c1N=Nc1ccccc1. The van der Waals surface area contributed by atoms with Gasteiger partial charge in [-0.05, 0) is 30.3 Å². The standard InChI is InChI=1S/C19H16Cl2N6O3/c1-30-17-16(19(29)25-23-15(28)11-20)26-27(14-9-5-6-12(21)10-14)18(17)24-22-13-7-3-2-4-8-13/h2-10H,11H2,1H3,(H,23,28)(H,25,29). The van der Waals surface area contributed by atoms with E-state index in [9.17, 15) is 9.59 Å². The number of aromatic nitrogens is 2. The van der Waals surface area contributed by atoms with Gasteiger partial charge in [0, 0.05) is 5.02 Å². The average molecular weight is 447 g/mol. The van der Waals surface area contributed by atoms with Crippen molar-refractivity contribution in [3.05, 3.63) is 65.3 Å². The Balaban J connectivity index is 2.07.